The van der Waals surface area contributed by atoms with Crippen molar-refractivity contribution >= 4 is 23.6 Å². The Labute approximate surface area is 170 Å². The number of imide groups is 2. The Bertz CT molecular complexity index is 902. The lowest BCUT2D eigenvalue weighted by molar-refractivity contribution is -0.136. The van der Waals surface area contributed by atoms with Crippen LogP contribution in [-0.4, -0.2) is 58.1 Å². The zero-order chi connectivity index (χ0) is 20.9. The van der Waals surface area contributed by atoms with Gasteiger partial charge in [0.05, 0.1) is 11.1 Å². The Morgan fingerprint density at radius 1 is 1.00 bits per heavy atom. The number of carbonyl (C=O) groups excluding carboxylic acids is 4. The Morgan fingerprint density at radius 2 is 1.72 bits per heavy atom. The van der Waals surface area contributed by atoms with E-state index in [1.54, 1.807) is 6.07 Å². The van der Waals surface area contributed by atoms with Gasteiger partial charge in [-0.3, -0.25) is 34.3 Å². The fourth-order valence-corrected chi connectivity index (χ4v) is 4.60. The lowest BCUT2D eigenvalue weighted by Crippen LogP contribution is -2.54. The number of nitrogens with zero attached hydrogens (tertiary/aromatic N) is 2. The van der Waals surface area contributed by atoms with E-state index in [0.29, 0.717) is 17.0 Å². The van der Waals surface area contributed by atoms with Crippen LogP contribution < -0.4 is 5.32 Å². The molecule has 3 aliphatic rings. The Hall–Kier alpha value is -2.54. The Kier molecular flexibility index (Phi) is 4.81. The summed E-state index contributed by atoms with van der Waals surface area (Å²) >= 11 is 0. The molecule has 7 nitrogen and oxygen atoms in total. The molecule has 0 aliphatic carbocycles. The van der Waals surface area contributed by atoms with E-state index in [1.807, 2.05) is 12.1 Å². The summed E-state index contributed by atoms with van der Waals surface area (Å²) in [5.74, 6) is -1.54. The van der Waals surface area contributed by atoms with Gasteiger partial charge in [-0.1, -0.05) is 6.07 Å². The van der Waals surface area contributed by atoms with E-state index in [-0.39, 0.29) is 24.3 Å². The van der Waals surface area contributed by atoms with Gasteiger partial charge in [-0.15, -0.1) is 0 Å². The van der Waals surface area contributed by atoms with Crippen LogP contribution in [0, 0.1) is 0 Å². The molecule has 2 unspecified atom stereocenters. The average molecular weight is 397 g/mol. The highest BCUT2D eigenvalue weighted by Gasteiger charge is 2.44. The summed E-state index contributed by atoms with van der Waals surface area (Å²) < 4.78 is 0. The van der Waals surface area contributed by atoms with Gasteiger partial charge in [0.2, 0.25) is 11.8 Å². The van der Waals surface area contributed by atoms with Crippen LogP contribution in [0.1, 0.15) is 78.7 Å². The molecular formula is C22H27N3O4. The minimum Gasteiger partial charge on any atom is -0.298 e. The molecule has 0 radical (unpaired) electrons. The predicted octanol–water partition coefficient (Wildman–Crippen LogP) is 2.07. The second kappa shape index (κ2) is 7.06. The van der Waals surface area contributed by atoms with Crippen LogP contribution in [0.3, 0.4) is 0 Å². The molecular weight excluding hydrogens is 370 g/mol. The number of hydrogen-bond donors (Lipinski definition) is 1. The van der Waals surface area contributed by atoms with Crippen molar-refractivity contribution in [3.63, 3.8) is 0 Å². The van der Waals surface area contributed by atoms with E-state index in [0.717, 1.165) is 36.4 Å². The van der Waals surface area contributed by atoms with Crippen molar-refractivity contribution in [1.29, 1.82) is 0 Å². The molecule has 0 spiro atoms. The smallest absolute Gasteiger partial charge is 0.262 e. The zero-order valence-corrected chi connectivity index (χ0v) is 17.2. The molecule has 1 aromatic rings. The topological polar surface area (TPSA) is 86.8 Å². The maximum atomic E-state index is 13.0. The summed E-state index contributed by atoms with van der Waals surface area (Å²) in [6.45, 7) is 8.60. The van der Waals surface area contributed by atoms with Gasteiger partial charge in [-0.25, -0.2) is 0 Å². The first-order valence-corrected chi connectivity index (χ1v) is 10.3. The second-order valence-corrected chi connectivity index (χ2v) is 9.21. The van der Waals surface area contributed by atoms with Crippen molar-refractivity contribution in [2.75, 3.05) is 13.1 Å². The van der Waals surface area contributed by atoms with Crippen LogP contribution in [0.15, 0.2) is 18.2 Å². The number of piperidine rings is 2. The minimum atomic E-state index is -0.922. The molecule has 2 fully saturated rings. The molecule has 7 heteroatoms. The normalized spacial score (nSPS) is 26.0. The molecule has 154 valence electrons. The summed E-state index contributed by atoms with van der Waals surface area (Å²) in [4.78, 5) is 52.9. The average Bonchev–Trinajstić information content (AvgIpc) is 2.92. The monoisotopic (exact) mass is 397 g/mol. The highest BCUT2D eigenvalue weighted by atomic mass is 16.2. The van der Waals surface area contributed by atoms with Crippen molar-refractivity contribution in [3.8, 4) is 0 Å². The Balaban J connectivity index is 1.59. The van der Waals surface area contributed by atoms with Crippen molar-refractivity contribution in [2.24, 2.45) is 0 Å². The number of carbonyl (C=O) groups is 4. The molecule has 1 aromatic carbocycles. The fraction of sp³-hybridized carbons (Fsp3) is 0.545. The molecule has 4 amide bonds. The predicted molar refractivity (Wildman–Crippen MR) is 106 cm³/mol. The summed E-state index contributed by atoms with van der Waals surface area (Å²) in [5, 5.41) is 2.23. The summed E-state index contributed by atoms with van der Waals surface area (Å²) in [7, 11) is 0. The summed E-state index contributed by atoms with van der Waals surface area (Å²) in [6, 6.07) is 4.56. The molecule has 0 saturated carbocycles. The number of likely N-dealkylation sites (tertiary alicyclic amines) is 1. The number of nitrogens with one attached hydrogen (secondary N) is 1. The molecule has 0 aromatic heterocycles. The summed E-state index contributed by atoms with van der Waals surface area (Å²) in [5.41, 5.74) is 1.85. The van der Waals surface area contributed by atoms with Gasteiger partial charge >= 0.3 is 0 Å². The first-order valence-electron chi connectivity index (χ1n) is 10.3. The second-order valence-electron chi connectivity index (χ2n) is 9.21. The van der Waals surface area contributed by atoms with Crippen molar-refractivity contribution in [2.45, 2.75) is 64.0 Å². The third-order valence-corrected chi connectivity index (χ3v) is 6.31. The minimum absolute atomic E-state index is 0.0871. The molecule has 4 rings (SSSR count). The maximum Gasteiger partial charge on any atom is 0.262 e. The number of amides is 4. The molecule has 2 saturated heterocycles. The van der Waals surface area contributed by atoms with E-state index < -0.39 is 23.8 Å². The van der Waals surface area contributed by atoms with Crippen LogP contribution in [0.25, 0.3) is 0 Å². The number of fused-ring (bicyclic) bond motifs is 1. The van der Waals surface area contributed by atoms with Crippen LogP contribution >= 0.6 is 0 Å². The highest BCUT2D eigenvalue weighted by Crippen LogP contribution is 2.34. The first kappa shape index (κ1) is 19.8. The van der Waals surface area contributed by atoms with Crippen molar-refractivity contribution in [3.05, 3.63) is 34.9 Å². The molecule has 0 bridgehead atoms. The molecule has 3 heterocycles. The number of benzene rings is 1. The van der Waals surface area contributed by atoms with Crippen LogP contribution in [0.2, 0.25) is 0 Å². The first-order chi connectivity index (χ1) is 13.7. The van der Waals surface area contributed by atoms with Crippen LogP contribution in [-0.2, 0) is 9.59 Å². The molecule has 3 aliphatic heterocycles. The van der Waals surface area contributed by atoms with Gasteiger partial charge < -0.3 is 0 Å². The number of hydrogen-bond acceptors (Lipinski definition) is 5. The lowest BCUT2D eigenvalue weighted by atomic mass is 9.87. The SMILES string of the molecule is CC(C)(C)N1CCCC(c2ccc3c(c2)C(=O)N(C2CCC(=O)NC2=O)C3=O)C1. The van der Waals surface area contributed by atoms with E-state index in [2.05, 4.69) is 31.0 Å². The van der Waals surface area contributed by atoms with Gasteiger partial charge in [0.25, 0.3) is 11.8 Å². The van der Waals surface area contributed by atoms with Gasteiger partial charge in [0.15, 0.2) is 0 Å². The van der Waals surface area contributed by atoms with Crippen LogP contribution in [0.4, 0.5) is 0 Å². The van der Waals surface area contributed by atoms with Crippen molar-refractivity contribution < 1.29 is 19.2 Å². The zero-order valence-electron chi connectivity index (χ0n) is 17.2. The van der Waals surface area contributed by atoms with Gasteiger partial charge in [0, 0.05) is 18.5 Å². The van der Waals surface area contributed by atoms with Gasteiger partial charge in [-0.2, -0.15) is 0 Å². The number of rotatable bonds is 2. The van der Waals surface area contributed by atoms with Gasteiger partial charge in [-0.05, 0) is 70.2 Å². The quantitative estimate of drug-likeness (QED) is 0.772. The van der Waals surface area contributed by atoms with Gasteiger partial charge in [0.1, 0.15) is 6.04 Å². The lowest BCUT2D eigenvalue weighted by Gasteiger charge is -2.41. The standard InChI is InChI=1S/C22H27N3O4/c1-22(2,3)24-10-4-5-14(12-24)13-6-7-15-16(11-13)21(29)25(20(15)28)17-8-9-18(26)23-19(17)27/h6-7,11,14,17H,4-5,8-10,12H2,1-3H3,(H,23,26,27). The van der Waals surface area contributed by atoms with E-state index in [9.17, 15) is 19.2 Å². The maximum absolute atomic E-state index is 13.0. The molecule has 1 N–H and O–H groups in total. The largest absolute Gasteiger partial charge is 0.298 e. The Morgan fingerprint density at radius 3 is 2.41 bits per heavy atom. The molecule has 29 heavy (non-hydrogen) atoms. The third-order valence-electron chi connectivity index (χ3n) is 6.31. The summed E-state index contributed by atoms with van der Waals surface area (Å²) in [6.07, 6.45) is 2.44. The fourth-order valence-electron chi connectivity index (χ4n) is 4.60. The van der Waals surface area contributed by atoms with E-state index in [1.165, 1.54) is 0 Å². The third kappa shape index (κ3) is 3.48. The van der Waals surface area contributed by atoms with Crippen molar-refractivity contribution in [1.82, 2.24) is 15.1 Å². The van der Waals surface area contributed by atoms with E-state index >= 15 is 0 Å². The highest BCUT2D eigenvalue weighted by molar-refractivity contribution is 6.23. The molecule has 2 atom stereocenters. The van der Waals surface area contributed by atoms with E-state index in [4.69, 9.17) is 0 Å². The van der Waals surface area contributed by atoms with Crippen LogP contribution in [0.5, 0.6) is 0 Å².